The molecule has 9 heteroatoms. The Kier molecular flexibility index (Phi) is 8.97. The molecule has 0 aliphatic rings. The lowest BCUT2D eigenvalue weighted by Gasteiger charge is -2.27. The first-order valence-corrected chi connectivity index (χ1v) is 11.6. The number of hydrogen-bond acceptors (Lipinski definition) is 6. The number of urea groups is 1. The number of rotatable bonds is 11. The molecule has 0 aliphatic carbocycles. The van der Waals surface area contributed by atoms with Gasteiger partial charge in [0.2, 0.25) is 0 Å². The summed E-state index contributed by atoms with van der Waals surface area (Å²) in [6, 6.07) is 12.2. The third-order valence-corrected chi connectivity index (χ3v) is 6.00. The Morgan fingerprint density at radius 3 is 2.23 bits per heavy atom. The predicted octanol–water partition coefficient (Wildman–Crippen LogP) is 3.93. The van der Waals surface area contributed by atoms with Gasteiger partial charge in [0.1, 0.15) is 5.75 Å². The topological polar surface area (TPSA) is 96.1 Å². The number of carbonyl (C=O) groups excluding carboxylic acids is 1. The third-order valence-electron chi connectivity index (χ3n) is 6.00. The van der Waals surface area contributed by atoms with Gasteiger partial charge in [0.05, 0.1) is 39.1 Å². The molecule has 188 valence electrons. The molecule has 0 radical (unpaired) electrons. The molecule has 3 rings (SSSR count). The van der Waals surface area contributed by atoms with E-state index in [0.717, 1.165) is 18.5 Å². The molecule has 2 amide bonds. The average molecular weight is 483 g/mol. The number of hydrogen-bond donors (Lipinski definition) is 2. The van der Waals surface area contributed by atoms with Crippen LogP contribution in [0.15, 0.2) is 47.3 Å². The molecule has 0 unspecified atom stereocenters. The number of ether oxygens (including phenoxy) is 3. The van der Waals surface area contributed by atoms with Gasteiger partial charge in [-0.25, -0.2) is 4.79 Å². The van der Waals surface area contributed by atoms with Crippen molar-refractivity contribution in [2.24, 2.45) is 0 Å². The van der Waals surface area contributed by atoms with Crippen molar-refractivity contribution in [2.75, 3.05) is 52.8 Å². The minimum Gasteiger partial charge on any atom is -0.495 e. The Morgan fingerprint density at radius 2 is 1.57 bits per heavy atom. The van der Waals surface area contributed by atoms with E-state index in [1.165, 1.54) is 0 Å². The Balaban J connectivity index is 1.93. The minimum atomic E-state index is -0.312. The Morgan fingerprint density at radius 1 is 0.914 bits per heavy atom. The molecule has 1 heterocycles. The third kappa shape index (κ3) is 6.24. The van der Waals surface area contributed by atoms with Crippen LogP contribution in [-0.2, 0) is 6.54 Å². The SMILES string of the molecule is CCN(CC)CCN(Cc1cc2cc(OC)c(OC)cc2[nH]c1=O)C(=O)Nc1ccccc1OC. The quantitative estimate of drug-likeness (QED) is 0.430. The van der Waals surface area contributed by atoms with E-state index in [-0.39, 0.29) is 18.1 Å². The standard InChI is InChI=1S/C26H34N4O5/c1-6-29(7-2)12-13-30(26(32)28-20-10-8-9-11-22(20)33-3)17-19-14-18-15-23(34-4)24(35-5)16-21(18)27-25(19)31/h8-11,14-16H,6-7,12-13,17H2,1-5H3,(H,27,31)(H,28,32). The molecule has 0 aliphatic heterocycles. The normalized spacial score (nSPS) is 10.9. The molecular formula is C26H34N4O5. The molecule has 0 saturated heterocycles. The van der Waals surface area contributed by atoms with Crippen molar-refractivity contribution < 1.29 is 19.0 Å². The summed E-state index contributed by atoms with van der Waals surface area (Å²) in [7, 11) is 4.67. The number of aromatic amines is 1. The number of para-hydroxylation sites is 2. The van der Waals surface area contributed by atoms with Crippen molar-refractivity contribution in [1.29, 1.82) is 0 Å². The molecule has 1 aromatic heterocycles. The van der Waals surface area contributed by atoms with E-state index in [2.05, 4.69) is 29.0 Å². The van der Waals surface area contributed by atoms with Crippen LogP contribution in [0.5, 0.6) is 17.2 Å². The lowest BCUT2D eigenvalue weighted by Crippen LogP contribution is -2.41. The monoisotopic (exact) mass is 482 g/mol. The van der Waals surface area contributed by atoms with E-state index < -0.39 is 0 Å². The number of methoxy groups -OCH3 is 3. The van der Waals surface area contributed by atoms with E-state index in [0.29, 0.717) is 47.1 Å². The fraction of sp³-hybridized carbons (Fsp3) is 0.385. The fourth-order valence-corrected chi connectivity index (χ4v) is 3.90. The van der Waals surface area contributed by atoms with Gasteiger partial charge in [-0.3, -0.25) is 4.79 Å². The van der Waals surface area contributed by atoms with Crippen LogP contribution in [-0.4, -0.2) is 68.3 Å². The van der Waals surface area contributed by atoms with Crippen molar-refractivity contribution >= 4 is 22.6 Å². The smallest absolute Gasteiger partial charge is 0.322 e. The van der Waals surface area contributed by atoms with Gasteiger partial charge in [0.25, 0.3) is 5.56 Å². The summed E-state index contributed by atoms with van der Waals surface area (Å²) in [5, 5.41) is 3.71. The summed E-state index contributed by atoms with van der Waals surface area (Å²) in [6.45, 7) is 7.18. The number of aromatic nitrogens is 1. The first-order valence-electron chi connectivity index (χ1n) is 11.6. The maximum atomic E-state index is 13.3. The zero-order chi connectivity index (χ0) is 25.4. The second kappa shape index (κ2) is 12.1. The highest BCUT2D eigenvalue weighted by atomic mass is 16.5. The van der Waals surface area contributed by atoms with Crippen LogP contribution in [0.25, 0.3) is 10.9 Å². The summed E-state index contributed by atoms with van der Waals surface area (Å²) in [6.07, 6.45) is 0. The number of likely N-dealkylation sites (N-methyl/N-ethyl adjacent to an activating group) is 1. The highest BCUT2D eigenvalue weighted by Crippen LogP contribution is 2.31. The first kappa shape index (κ1) is 25.9. The molecule has 0 fully saturated rings. The van der Waals surface area contributed by atoms with Crippen LogP contribution in [0.2, 0.25) is 0 Å². The van der Waals surface area contributed by atoms with Gasteiger partial charge in [-0.1, -0.05) is 26.0 Å². The Bertz CT molecular complexity index is 1210. The van der Waals surface area contributed by atoms with E-state index >= 15 is 0 Å². The molecule has 0 atom stereocenters. The maximum absolute atomic E-state index is 13.3. The van der Waals surface area contributed by atoms with Crippen LogP contribution in [0.3, 0.4) is 0 Å². The van der Waals surface area contributed by atoms with E-state index in [9.17, 15) is 9.59 Å². The Labute approximate surface area is 205 Å². The van der Waals surface area contributed by atoms with Gasteiger partial charge >= 0.3 is 6.03 Å². The average Bonchev–Trinajstić information content (AvgIpc) is 2.88. The Hall–Kier alpha value is -3.72. The van der Waals surface area contributed by atoms with Crippen molar-refractivity contribution in [2.45, 2.75) is 20.4 Å². The summed E-state index contributed by atoms with van der Waals surface area (Å²) in [5.41, 5.74) is 1.41. The van der Waals surface area contributed by atoms with Crippen molar-refractivity contribution in [3.63, 3.8) is 0 Å². The van der Waals surface area contributed by atoms with Gasteiger partial charge in [0.15, 0.2) is 11.5 Å². The number of nitrogens with one attached hydrogen (secondary N) is 2. The van der Waals surface area contributed by atoms with Crippen molar-refractivity contribution in [3.8, 4) is 17.2 Å². The number of anilines is 1. The van der Waals surface area contributed by atoms with Crippen molar-refractivity contribution in [3.05, 3.63) is 58.4 Å². The fourth-order valence-electron chi connectivity index (χ4n) is 3.90. The van der Waals surface area contributed by atoms with E-state index in [1.54, 1.807) is 50.5 Å². The molecule has 2 aromatic carbocycles. The summed E-state index contributed by atoms with van der Waals surface area (Å²) in [5.74, 6) is 1.65. The number of pyridine rings is 1. The highest BCUT2D eigenvalue weighted by molar-refractivity contribution is 5.91. The van der Waals surface area contributed by atoms with Gasteiger partial charge in [-0.15, -0.1) is 0 Å². The molecule has 9 nitrogen and oxygen atoms in total. The highest BCUT2D eigenvalue weighted by Gasteiger charge is 2.19. The van der Waals surface area contributed by atoms with Gasteiger partial charge < -0.3 is 34.3 Å². The minimum absolute atomic E-state index is 0.141. The van der Waals surface area contributed by atoms with Crippen LogP contribution >= 0.6 is 0 Å². The summed E-state index contributed by atoms with van der Waals surface area (Å²) < 4.78 is 16.1. The maximum Gasteiger partial charge on any atom is 0.322 e. The second-order valence-electron chi connectivity index (χ2n) is 8.00. The largest absolute Gasteiger partial charge is 0.495 e. The van der Waals surface area contributed by atoms with Crippen LogP contribution in [0, 0.1) is 0 Å². The lowest BCUT2D eigenvalue weighted by molar-refractivity contribution is 0.194. The second-order valence-corrected chi connectivity index (χ2v) is 8.00. The lowest BCUT2D eigenvalue weighted by atomic mass is 10.1. The molecule has 3 aromatic rings. The number of amides is 2. The predicted molar refractivity (Wildman–Crippen MR) is 138 cm³/mol. The van der Waals surface area contributed by atoms with Gasteiger partial charge in [0, 0.05) is 30.1 Å². The van der Waals surface area contributed by atoms with E-state index in [4.69, 9.17) is 14.2 Å². The molecule has 0 bridgehead atoms. The van der Waals surface area contributed by atoms with Gasteiger partial charge in [-0.05, 0) is 37.4 Å². The number of fused-ring (bicyclic) bond motifs is 1. The first-order chi connectivity index (χ1) is 16.9. The molecule has 35 heavy (non-hydrogen) atoms. The number of carbonyl (C=O) groups is 1. The molecule has 0 spiro atoms. The number of H-pyrrole nitrogens is 1. The van der Waals surface area contributed by atoms with Crippen LogP contribution in [0.4, 0.5) is 10.5 Å². The van der Waals surface area contributed by atoms with E-state index in [1.807, 2.05) is 18.2 Å². The van der Waals surface area contributed by atoms with Gasteiger partial charge in [-0.2, -0.15) is 0 Å². The molecule has 0 saturated carbocycles. The molecule has 2 N–H and O–H groups in total. The zero-order valence-electron chi connectivity index (χ0n) is 21.0. The number of benzene rings is 2. The number of nitrogens with zero attached hydrogens (tertiary/aromatic N) is 2. The molecular weight excluding hydrogens is 448 g/mol. The zero-order valence-corrected chi connectivity index (χ0v) is 21.0. The summed E-state index contributed by atoms with van der Waals surface area (Å²) in [4.78, 5) is 33.0. The van der Waals surface area contributed by atoms with Crippen molar-refractivity contribution in [1.82, 2.24) is 14.8 Å². The van der Waals surface area contributed by atoms with Crippen LogP contribution in [0.1, 0.15) is 19.4 Å². The summed E-state index contributed by atoms with van der Waals surface area (Å²) >= 11 is 0. The van der Waals surface area contributed by atoms with Crippen LogP contribution < -0.4 is 25.1 Å².